The molecule has 0 saturated carbocycles. The Bertz CT molecular complexity index is 397. The van der Waals surface area contributed by atoms with Crippen molar-refractivity contribution in [3.05, 3.63) is 16.6 Å². The molecule has 0 spiro atoms. The molecule has 3 atom stereocenters. The second kappa shape index (κ2) is 3.29. The van der Waals surface area contributed by atoms with Crippen LogP contribution in [0.1, 0.15) is 24.1 Å². The van der Waals surface area contributed by atoms with Crippen LogP contribution in [-0.2, 0) is 11.2 Å². The minimum Gasteiger partial charge on any atom is -0.373 e. The van der Waals surface area contributed by atoms with E-state index >= 15 is 0 Å². The molecule has 78 valence electrons. The van der Waals surface area contributed by atoms with E-state index in [4.69, 9.17) is 4.74 Å². The average molecular weight is 220 g/mol. The summed E-state index contributed by atoms with van der Waals surface area (Å²) < 4.78 is 5.79. The number of hydrogen-bond acceptors (Lipinski definition) is 4. The maximum absolute atomic E-state index is 9.39. The normalized spacial score (nSPS) is 38.1. The van der Waals surface area contributed by atoms with Crippen molar-refractivity contribution < 1.29 is 4.74 Å². The van der Waals surface area contributed by atoms with Crippen molar-refractivity contribution in [1.82, 2.24) is 4.98 Å². The first-order chi connectivity index (χ1) is 7.32. The Labute approximate surface area is 92.7 Å². The fourth-order valence-corrected chi connectivity index (χ4v) is 3.50. The van der Waals surface area contributed by atoms with E-state index in [9.17, 15) is 5.26 Å². The first kappa shape index (κ1) is 9.32. The zero-order chi connectivity index (χ0) is 10.3. The van der Waals surface area contributed by atoms with Crippen LogP contribution >= 0.6 is 11.3 Å². The van der Waals surface area contributed by atoms with Crippen LogP contribution in [-0.4, -0.2) is 17.2 Å². The molecule has 0 aliphatic carbocycles. The van der Waals surface area contributed by atoms with Crippen molar-refractivity contribution in [3.63, 3.8) is 0 Å². The highest BCUT2D eigenvalue weighted by Crippen LogP contribution is 2.49. The van der Waals surface area contributed by atoms with Crippen molar-refractivity contribution in [1.29, 1.82) is 5.26 Å². The molecule has 4 heteroatoms. The van der Waals surface area contributed by atoms with Crippen LogP contribution in [0.25, 0.3) is 0 Å². The molecule has 3 unspecified atom stereocenters. The summed E-state index contributed by atoms with van der Waals surface area (Å²) in [6.45, 7) is 0. The largest absolute Gasteiger partial charge is 0.373 e. The summed E-state index contributed by atoms with van der Waals surface area (Å²) in [5.74, 6) is 0. The van der Waals surface area contributed by atoms with Gasteiger partial charge < -0.3 is 4.74 Å². The van der Waals surface area contributed by atoms with Crippen LogP contribution in [0, 0.1) is 16.7 Å². The van der Waals surface area contributed by atoms with E-state index in [1.807, 2.05) is 11.7 Å². The lowest BCUT2D eigenvalue weighted by atomic mass is 9.72. The lowest BCUT2D eigenvalue weighted by molar-refractivity contribution is 0.0789. The molecule has 2 fully saturated rings. The molecule has 2 bridgehead atoms. The number of thiazole rings is 1. The van der Waals surface area contributed by atoms with Gasteiger partial charge in [0.25, 0.3) is 0 Å². The van der Waals surface area contributed by atoms with Gasteiger partial charge in [-0.05, 0) is 19.3 Å². The van der Waals surface area contributed by atoms with Crippen LogP contribution in [0.5, 0.6) is 0 Å². The maximum Gasteiger partial charge on any atom is 0.0908 e. The van der Waals surface area contributed by atoms with E-state index in [-0.39, 0.29) is 11.5 Å². The smallest absolute Gasteiger partial charge is 0.0908 e. The van der Waals surface area contributed by atoms with Crippen molar-refractivity contribution in [2.24, 2.45) is 5.41 Å². The molecule has 15 heavy (non-hydrogen) atoms. The summed E-state index contributed by atoms with van der Waals surface area (Å²) in [4.78, 5) is 5.26. The third kappa shape index (κ3) is 1.38. The molecule has 1 aromatic rings. The molecule has 2 aliphatic heterocycles. The van der Waals surface area contributed by atoms with Gasteiger partial charge in [-0.15, -0.1) is 11.3 Å². The molecule has 3 heterocycles. The summed E-state index contributed by atoms with van der Waals surface area (Å²) in [7, 11) is 0. The summed E-state index contributed by atoms with van der Waals surface area (Å²) >= 11 is 1.63. The Morgan fingerprint density at radius 1 is 1.67 bits per heavy atom. The van der Waals surface area contributed by atoms with Gasteiger partial charge in [-0.1, -0.05) is 0 Å². The second-order valence-electron chi connectivity index (χ2n) is 4.44. The number of aromatic nitrogens is 1. The van der Waals surface area contributed by atoms with Crippen LogP contribution in [0.4, 0.5) is 0 Å². The molecule has 3 rings (SSSR count). The molecule has 0 radical (unpaired) electrons. The predicted octanol–water partition coefficient (Wildman–Crippen LogP) is 2.15. The topological polar surface area (TPSA) is 45.9 Å². The van der Waals surface area contributed by atoms with Gasteiger partial charge in [0.05, 0.1) is 29.2 Å². The SMILES string of the molecule is N#CC1(Cc2cncs2)CC2CCC1O2. The molecule has 0 aromatic carbocycles. The fraction of sp³-hybridized carbons (Fsp3) is 0.636. The van der Waals surface area contributed by atoms with E-state index in [2.05, 4.69) is 11.1 Å². The van der Waals surface area contributed by atoms with Crippen LogP contribution in [0.2, 0.25) is 0 Å². The van der Waals surface area contributed by atoms with E-state index in [1.54, 1.807) is 11.3 Å². The Balaban J connectivity index is 1.86. The zero-order valence-corrected chi connectivity index (χ0v) is 9.17. The van der Waals surface area contributed by atoms with Crippen LogP contribution in [0.3, 0.4) is 0 Å². The molecule has 3 nitrogen and oxygen atoms in total. The predicted molar refractivity (Wildman–Crippen MR) is 56.4 cm³/mol. The van der Waals surface area contributed by atoms with Gasteiger partial charge >= 0.3 is 0 Å². The fourth-order valence-electron chi connectivity index (χ4n) is 2.78. The first-order valence-electron chi connectivity index (χ1n) is 5.26. The number of rotatable bonds is 2. The number of nitriles is 1. The third-order valence-electron chi connectivity index (χ3n) is 3.51. The zero-order valence-electron chi connectivity index (χ0n) is 8.35. The van der Waals surface area contributed by atoms with E-state index in [1.165, 1.54) is 4.88 Å². The summed E-state index contributed by atoms with van der Waals surface area (Å²) in [5.41, 5.74) is 1.56. The van der Waals surface area contributed by atoms with E-state index < -0.39 is 0 Å². The molecular formula is C11H12N2OS. The van der Waals surface area contributed by atoms with Gasteiger partial charge in [0.15, 0.2) is 0 Å². The molecule has 0 N–H and O–H groups in total. The standard InChI is InChI=1S/C11H12N2OS/c12-6-11(4-9-5-13-7-15-9)3-8-1-2-10(11)14-8/h5,7-8,10H,1-4H2. The highest BCUT2D eigenvalue weighted by molar-refractivity contribution is 7.09. The summed E-state index contributed by atoms with van der Waals surface area (Å²) in [6.07, 6.45) is 6.28. The van der Waals surface area contributed by atoms with Gasteiger partial charge in [0.1, 0.15) is 0 Å². The lowest BCUT2D eigenvalue weighted by Crippen LogP contribution is -2.32. The minimum atomic E-state index is -0.268. The van der Waals surface area contributed by atoms with Gasteiger partial charge in [0, 0.05) is 17.5 Å². The average Bonchev–Trinajstić information content (AvgIpc) is 2.93. The molecule has 2 aliphatic rings. The monoisotopic (exact) mass is 220 g/mol. The van der Waals surface area contributed by atoms with E-state index in [0.29, 0.717) is 6.10 Å². The maximum atomic E-state index is 9.39. The lowest BCUT2D eigenvalue weighted by Gasteiger charge is -2.27. The molecule has 0 amide bonds. The van der Waals surface area contributed by atoms with Crippen molar-refractivity contribution in [2.75, 3.05) is 0 Å². The number of hydrogen-bond donors (Lipinski definition) is 0. The second-order valence-corrected chi connectivity index (χ2v) is 5.41. The summed E-state index contributed by atoms with van der Waals surface area (Å²) in [6, 6.07) is 2.50. The Hall–Kier alpha value is -0.920. The minimum absolute atomic E-state index is 0.162. The number of nitrogens with zero attached hydrogens (tertiary/aromatic N) is 2. The quantitative estimate of drug-likeness (QED) is 0.767. The molecule has 1 aromatic heterocycles. The number of fused-ring (bicyclic) bond motifs is 2. The Morgan fingerprint density at radius 2 is 2.60 bits per heavy atom. The van der Waals surface area contributed by atoms with Crippen LogP contribution < -0.4 is 0 Å². The number of ether oxygens (including phenoxy) is 1. The molecule has 2 saturated heterocycles. The molecular weight excluding hydrogens is 208 g/mol. The third-order valence-corrected chi connectivity index (χ3v) is 4.29. The summed E-state index contributed by atoms with van der Waals surface area (Å²) in [5, 5.41) is 9.39. The highest BCUT2D eigenvalue weighted by atomic mass is 32.1. The van der Waals surface area contributed by atoms with Crippen LogP contribution in [0.15, 0.2) is 11.7 Å². The van der Waals surface area contributed by atoms with Gasteiger partial charge in [-0.3, -0.25) is 4.98 Å². The Kier molecular flexibility index (Phi) is 2.04. The van der Waals surface area contributed by atoms with Crippen molar-refractivity contribution >= 4 is 11.3 Å². The van der Waals surface area contributed by atoms with E-state index in [0.717, 1.165) is 25.7 Å². The Morgan fingerprint density at radius 3 is 3.13 bits per heavy atom. The van der Waals surface area contributed by atoms with Gasteiger partial charge in [-0.2, -0.15) is 5.26 Å². The highest BCUT2D eigenvalue weighted by Gasteiger charge is 2.52. The first-order valence-corrected chi connectivity index (χ1v) is 6.14. The van der Waals surface area contributed by atoms with Gasteiger partial charge in [-0.25, -0.2) is 0 Å². The van der Waals surface area contributed by atoms with Crippen molar-refractivity contribution in [3.8, 4) is 6.07 Å². The van der Waals surface area contributed by atoms with Crippen molar-refractivity contribution in [2.45, 2.75) is 37.9 Å². The van der Waals surface area contributed by atoms with Gasteiger partial charge in [0.2, 0.25) is 0 Å².